The average molecular weight is 237 g/mol. The normalized spacial score (nSPS) is 18.2. The first-order valence-corrected chi connectivity index (χ1v) is 7.12. The van der Waals surface area contributed by atoms with E-state index in [1.807, 2.05) is 24.3 Å². The van der Waals surface area contributed by atoms with Crippen molar-refractivity contribution in [2.75, 3.05) is 19.3 Å². The molecule has 0 saturated carbocycles. The Kier molecular flexibility index (Phi) is 3.12. The molecule has 0 radical (unpaired) electrons. The van der Waals surface area contributed by atoms with Gasteiger partial charge < -0.3 is 0 Å². The van der Waals surface area contributed by atoms with E-state index in [-0.39, 0.29) is 0 Å². The van der Waals surface area contributed by atoms with Gasteiger partial charge in [-0.25, -0.2) is 8.42 Å². The first-order valence-electron chi connectivity index (χ1n) is 5.27. The van der Waals surface area contributed by atoms with Crippen LogP contribution in [0, 0.1) is 0 Å². The van der Waals surface area contributed by atoms with Gasteiger partial charge in [-0.3, -0.25) is 0 Å². The summed E-state index contributed by atoms with van der Waals surface area (Å²) in [5.74, 6) is 0. The van der Waals surface area contributed by atoms with Crippen LogP contribution in [0.25, 0.3) is 5.57 Å². The first-order chi connectivity index (χ1) is 7.57. The topological polar surface area (TPSA) is 37.4 Å². The lowest BCUT2D eigenvalue weighted by atomic mass is 10.0. The van der Waals surface area contributed by atoms with Gasteiger partial charge in [-0.1, -0.05) is 36.4 Å². The van der Waals surface area contributed by atoms with Crippen molar-refractivity contribution in [1.82, 2.24) is 4.31 Å². The van der Waals surface area contributed by atoms with Crippen LogP contribution in [0.15, 0.2) is 36.4 Å². The number of sulfonamides is 1. The van der Waals surface area contributed by atoms with Crippen molar-refractivity contribution in [2.45, 2.75) is 6.42 Å². The minimum Gasteiger partial charge on any atom is -0.212 e. The van der Waals surface area contributed by atoms with Crippen LogP contribution in [0.4, 0.5) is 0 Å². The molecule has 0 amide bonds. The van der Waals surface area contributed by atoms with Gasteiger partial charge in [0.1, 0.15) is 0 Å². The van der Waals surface area contributed by atoms with Gasteiger partial charge in [-0.05, 0) is 17.6 Å². The molecular formula is C12H15NO2S. The molecule has 1 aromatic rings. The maximum atomic E-state index is 11.3. The summed E-state index contributed by atoms with van der Waals surface area (Å²) in [5.41, 5.74) is 2.43. The fourth-order valence-electron chi connectivity index (χ4n) is 1.87. The van der Waals surface area contributed by atoms with Crippen molar-refractivity contribution in [3.8, 4) is 0 Å². The highest BCUT2D eigenvalue weighted by atomic mass is 32.2. The van der Waals surface area contributed by atoms with E-state index in [2.05, 4.69) is 12.1 Å². The lowest BCUT2D eigenvalue weighted by Gasteiger charge is -2.24. The van der Waals surface area contributed by atoms with Gasteiger partial charge in [0.15, 0.2) is 0 Å². The summed E-state index contributed by atoms with van der Waals surface area (Å²) in [4.78, 5) is 0. The van der Waals surface area contributed by atoms with E-state index in [9.17, 15) is 8.42 Å². The maximum Gasteiger partial charge on any atom is 0.211 e. The van der Waals surface area contributed by atoms with Crippen LogP contribution in [0.2, 0.25) is 0 Å². The van der Waals surface area contributed by atoms with Gasteiger partial charge >= 0.3 is 0 Å². The van der Waals surface area contributed by atoms with Gasteiger partial charge in [-0.2, -0.15) is 4.31 Å². The van der Waals surface area contributed by atoms with Gasteiger partial charge in [0, 0.05) is 13.1 Å². The molecule has 0 atom stereocenters. The second kappa shape index (κ2) is 4.39. The zero-order valence-electron chi connectivity index (χ0n) is 9.26. The minimum absolute atomic E-state index is 0.489. The number of benzene rings is 1. The lowest BCUT2D eigenvalue weighted by molar-refractivity contribution is 0.446. The molecule has 0 spiro atoms. The maximum absolute atomic E-state index is 11.3. The predicted octanol–water partition coefficient (Wildman–Crippen LogP) is 1.74. The third-order valence-corrected chi connectivity index (χ3v) is 4.06. The molecule has 86 valence electrons. The highest BCUT2D eigenvalue weighted by Crippen LogP contribution is 2.22. The second-order valence-corrected chi connectivity index (χ2v) is 5.95. The average Bonchev–Trinajstić information content (AvgIpc) is 2.29. The lowest BCUT2D eigenvalue weighted by Crippen LogP contribution is -2.33. The Labute approximate surface area is 96.4 Å². The summed E-state index contributed by atoms with van der Waals surface area (Å²) in [6, 6.07) is 10.1. The van der Waals surface area contributed by atoms with E-state index in [0.29, 0.717) is 13.1 Å². The third-order valence-electron chi connectivity index (χ3n) is 2.79. The highest BCUT2D eigenvalue weighted by molar-refractivity contribution is 7.88. The van der Waals surface area contributed by atoms with Crippen LogP contribution in [-0.2, 0) is 10.0 Å². The van der Waals surface area contributed by atoms with Gasteiger partial charge in [-0.15, -0.1) is 0 Å². The molecule has 0 unspecified atom stereocenters. The van der Waals surface area contributed by atoms with Crippen LogP contribution in [0.1, 0.15) is 12.0 Å². The van der Waals surface area contributed by atoms with Crippen molar-refractivity contribution in [3.63, 3.8) is 0 Å². The van der Waals surface area contributed by atoms with Gasteiger partial charge in [0.05, 0.1) is 6.26 Å². The molecule has 16 heavy (non-hydrogen) atoms. The monoisotopic (exact) mass is 237 g/mol. The number of rotatable bonds is 2. The molecule has 1 aliphatic rings. The molecule has 0 bridgehead atoms. The van der Waals surface area contributed by atoms with Crippen molar-refractivity contribution in [3.05, 3.63) is 42.0 Å². The number of nitrogens with zero attached hydrogens (tertiary/aromatic N) is 1. The zero-order valence-corrected chi connectivity index (χ0v) is 10.1. The van der Waals surface area contributed by atoms with E-state index in [1.54, 1.807) is 0 Å². The standard InChI is InChI=1S/C12H15NO2S/c1-16(14,15)13-9-7-12(8-10-13)11-5-3-2-4-6-11/h2-7H,8-10H2,1H3. The van der Waals surface area contributed by atoms with E-state index in [1.165, 1.54) is 21.7 Å². The Morgan fingerprint density at radius 3 is 2.38 bits per heavy atom. The summed E-state index contributed by atoms with van der Waals surface area (Å²) in [6.07, 6.45) is 4.05. The van der Waals surface area contributed by atoms with Crippen LogP contribution < -0.4 is 0 Å². The number of hydrogen-bond donors (Lipinski definition) is 0. The van der Waals surface area contributed by atoms with Crippen molar-refractivity contribution < 1.29 is 8.42 Å². The Balaban J connectivity index is 2.16. The Morgan fingerprint density at radius 1 is 1.19 bits per heavy atom. The fourth-order valence-corrected chi connectivity index (χ4v) is 2.63. The van der Waals surface area contributed by atoms with Crippen molar-refractivity contribution in [1.29, 1.82) is 0 Å². The largest absolute Gasteiger partial charge is 0.212 e. The summed E-state index contributed by atoms with van der Waals surface area (Å²) >= 11 is 0. The third kappa shape index (κ3) is 2.51. The molecule has 1 aliphatic heterocycles. The first kappa shape index (κ1) is 11.4. The second-order valence-electron chi connectivity index (χ2n) is 3.97. The minimum atomic E-state index is -3.04. The summed E-state index contributed by atoms with van der Waals surface area (Å²) in [5, 5.41) is 0. The summed E-state index contributed by atoms with van der Waals surface area (Å²) in [7, 11) is -3.04. The smallest absolute Gasteiger partial charge is 0.211 e. The molecule has 0 fully saturated rings. The summed E-state index contributed by atoms with van der Waals surface area (Å²) < 4.78 is 24.2. The molecule has 4 heteroatoms. The van der Waals surface area contributed by atoms with Crippen LogP contribution in [0.5, 0.6) is 0 Å². The van der Waals surface area contributed by atoms with Crippen LogP contribution in [-0.4, -0.2) is 32.1 Å². The molecule has 2 rings (SSSR count). The SMILES string of the molecule is CS(=O)(=O)N1CC=C(c2ccccc2)CC1. The molecule has 0 N–H and O–H groups in total. The predicted molar refractivity (Wildman–Crippen MR) is 65.5 cm³/mol. The van der Waals surface area contributed by atoms with Gasteiger partial charge in [0.25, 0.3) is 0 Å². The van der Waals surface area contributed by atoms with Crippen molar-refractivity contribution in [2.24, 2.45) is 0 Å². The zero-order chi connectivity index (χ0) is 11.6. The van der Waals surface area contributed by atoms with E-state index in [4.69, 9.17) is 0 Å². The molecule has 0 saturated heterocycles. The van der Waals surface area contributed by atoms with Gasteiger partial charge in [0.2, 0.25) is 10.0 Å². The molecular weight excluding hydrogens is 222 g/mol. The van der Waals surface area contributed by atoms with E-state index < -0.39 is 10.0 Å². The Hall–Kier alpha value is -1.13. The Bertz CT molecular complexity index is 491. The van der Waals surface area contributed by atoms with E-state index in [0.717, 1.165) is 6.42 Å². The molecule has 0 aliphatic carbocycles. The van der Waals surface area contributed by atoms with E-state index >= 15 is 0 Å². The fraction of sp³-hybridized carbons (Fsp3) is 0.333. The number of hydrogen-bond acceptors (Lipinski definition) is 2. The van der Waals surface area contributed by atoms with Crippen molar-refractivity contribution >= 4 is 15.6 Å². The quantitative estimate of drug-likeness (QED) is 0.785. The van der Waals surface area contributed by atoms with Crippen LogP contribution in [0.3, 0.4) is 0 Å². The highest BCUT2D eigenvalue weighted by Gasteiger charge is 2.19. The molecule has 3 nitrogen and oxygen atoms in total. The van der Waals surface area contributed by atoms with Crippen LogP contribution >= 0.6 is 0 Å². The molecule has 0 aromatic heterocycles. The molecule has 1 heterocycles. The Morgan fingerprint density at radius 2 is 1.88 bits per heavy atom. The molecule has 1 aromatic carbocycles. The summed E-state index contributed by atoms with van der Waals surface area (Å²) in [6.45, 7) is 1.07.